The van der Waals surface area contributed by atoms with Crippen molar-refractivity contribution in [1.82, 2.24) is 5.32 Å². The van der Waals surface area contributed by atoms with Crippen molar-refractivity contribution in [1.29, 1.82) is 0 Å². The van der Waals surface area contributed by atoms with Crippen molar-refractivity contribution in [3.05, 3.63) is 0 Å². The van der Waals surface area contributed by atoms with Crippen LogP contribution < -0.4 is 5.32 Å². The Bertz CT molecular complexity index is 397. The molecule has 0 radical (unpaired) electrons. The van der Waals surface area contributed by atoms with E-state index in [1.807, 2.05) is 0 Å². The second kappa shape index (κ2) is 5.94. The Morgan fingerprint density at radius 2 is 1.70 bits per heavy atom. The van der Waals surface area contributed by atoms with Crippen molar-refractivity contribution in [3.63, 3.8) is 0 Å². The zero-order valence-corrected chi connectivity index (χ0v) is 13.0. The van der Waals surface area contributed by atoms with Gasteiger partial charge in [0.2, 0.25) is 0 Å². The van der Waals surface area contributed by atoms with Gasteiger partial charge in [-0.05, 0) is 33.6 Å². The maximum Gasteiger partial charge on any atom is 0.408 e. The lowest BCUT2D eigenvalue weighted by atomic mass is 9.75. The van der Waals surface area contributed by atoms with Gasteiger partial charge in [0.15, 0.2) is 5.78 Å². The van der Waals surface area contributed by atoms with Crippen LogP contribution in [0.5, 0.6) is 0 Å². The van der Waals surface area contributed by atoms with Crippen molar-refractivity contribution in [2.75, 3.05) is 0 Å². The zero-order valence-electron chi connectivity index (χ0n) is 13.0. The highest BCUT2D eigenvalue weighted by atomic mass is 16.6. The van der Waals surface area contributed by atoms with Gasteiger partial charge in [-0.15, -0.1) is 0 Å². The summed E-state index contributed by atoms with van der Waals surface area (Å²) in [5, 5.41) is 2.73. The lowest BCUT2D eigenvalue weighted by molar-refractivity contribution is -0.132. The van der Waals surface area contributed by atoms with E-state index in [1.54, 1.807) is 34.6 Å². The number of amides is 1. The van der Waals surface area contributed by atoms with Crippen LogP contribution in [0.15, 0.2) is 0 Å². The smallest absolute Gasteiger partial charge is 0.408 e. The van der Waals surface area contributed by atoms with Crippen LogP contribution in [-0.4, -0.2) is 28.8 Å². The number of ketones is 2. The maximum absolute atomic E-state index is 12.4. The average molecular weight is 283 g/mol. The Morgan fingerprint density at radius 3 is 2.10 bits per heavy atom. The summed E-state index contributed by atoms with van der Waals surface area (Å²) in [6, 6.07) is 0. The van der Waals surface area contributed by atoms with E-state index in [-0.39, 0.29) is 17.5 Å². The summed E-state index contributed by atoms with van der Waals surface area (Å²) < 4.78 is 5.24. The number of Topliss-reactive ketones (excluding diaryl/α,β-unsaturated/α-hetero) is 2. The molecule has 1 fully saturated rings. The number of alkyl carbamates (subject to hydrolysis) is 1. The summed E-state index contributed by atoms with van der Waals surface area (Å²) in [7, 11) is 0. The van der Waals surface area contributed by atoms with Crippen LogP contribution in [0.4, 0.5) is 4.79 Å². The van der Waals surface area contributed by atoms with Crippen molar-refractivity contribution < 1.29 is 19.1 Å². The van der Waals surface area contributed by atoms with Gasteiger partial charge in [0.05, 0.1) is 0 Å². The van der Waals surface area contributed by atoms with Crippen molar-refractivity contribution in [2.24, 2.45) is 5.92 Å². The predicted molar refractivity (Wildman–Crippen MR) is 75.4 cm³/mol. The Balaban J connectivity index is 2.87. The standard InChI is InChI=1S/C15H25NO4/c1-10(2)12(18)15(8-6-11(17)7-9-15)16-13(19)20-14(3,4)5/h10H,6-9H2,1-5H3,(H,16,19). The SMILES string of the molecule is CC(C)C(=O)C1(NC(=O)OC(C)(C)C)CCC(=O)CC1. The zero-order chi connectivity index (χ0) is 15.6. The molecule has 1 aliphatic rings. The summed E-state index contributed by atoms with van der Waals surface area (Å²) in [6.07, 6.45) is 0.785. The molecule has 20 heavy (non-hydrogen) atoms. The largest absolute Gasteiger partial charge is 0.444 e. The molecule has 5 nitrogen and oxygen atoms in total. The summed E-state index contributed by atoms with van der Waals surface area (Å²) in [5.74, 6) is -0.0860. The van der Waals surface area contributed by atoms with E-state index in [4.69, 9.17) is 4.74 Å². The second-order valence-electron chi connectivity index (χ2n) is 6.77. The monoisotopic (exact) mass is 283 g/mol. The minimum absolute atomic E-state index is 0.0316. The van der Waals surface area contributed by atoms with E-state index in [1.165, 1.54) is 0 Å². The number of carbonyl (C=O) groups is 3. The third kappa shape index (κ3) is 4.32. The fourth-order valence-electron chi connectivity index (χ4n) is 2.44. The van der Waals surface area contributed by atoms with Gasteiger partial charge in [-0.1, -0.05) is 13.8 Å². The number of hydrogen-bond donors (Lipinski definition) is 1. The molecule has 0 spiro atoms. The van der Waals surface area contributed by atoms with Crippen LogP contribution in [0, 0.1) is 5.92 Å². The molecule has 5 heteroatoms. The number of carbonyl (C=O) groups excluding carboxylic acids is 3. The second-order valence-corrected chi connectivity index (χ2v) is 6.77. The first-order valence-electron chi connectivity index (χ1n) is 7.13. The Morgan fingerprint density at radius 1 is 1.20 bits per heavy atom. The van der Waals surface area contributed by atoms with Gasteiger partial charge >= 0.3 is 6.09 Å². The highest BCUT2D eigenvalue weighted by Gasteiger charge is 2.44. The van der Waals surface area contributed by atoms with E-state index in [0.29, 0.717) is 25.7 Å². The van der Waals surface area contributed by atoms with Gasteiger partial charge in [0.25, 0.3) is 0 Å². The quantitative estimate of drug-likeness (QED) is 0.864. The molecule has 114 valence electrons. The van der Waals surface area contributed by atoms with E-state index in [2.05, 4.69) is 5.32 Å². The van der Waals surface area contributed by atoms with Crippen LogP contribution in [0.1, 0.15) is 60.3 Å². The third-order valence-electron chi connectivity index (χ3n) is 3.40. The fourth-order valence-corrected chi connectivity index (χ4v) is 2.44. The first kappa shape index (κ1) is 16.7. The van der Waals surface area contributed by atoms with E-state index < -0.39 is 17.2 Å². The number of rotatable bonds is 3. The van der Waals surface area contributed by atoms with E-state index in [9.17, 15) is 14.4 Å². The molecule has 0 aromatic rings. The van der Waals surface area contributed by atoms with Gasteiger partial charge in [0.1, 0.15) is 16.9 Å². The molecule has 0 atom stereocenters. The molecular formula is C15H25NO4. The molecule has 0 saturated heterocycles. The minimum atomic E-state index is -0.954. The Labute approximate surface area is 120 Å². The highest BCUT2D eigenvalue weighted by Crippen LogP contribution is 2.30. The van der Waals surface area contributed by atoms with E-state index in [0.717, 1.165) is 0 Å². The Kier molecular flexibility index (Phi) is 4.95. The van der Waals surface area contributed by atoms with Crippen molar-refractivity contribution in [2.45, 2.75) is 71.4 Å². The lowest BCUT2D eigenvalue weighted by Crippen LogP contribution is -2.58. The van der Waals surface area contributed by atoms with Gasteiger partial charge < -0.3 is 10.1 Å². The first-order valence-corrected chi connectivity index (χ1v) is 7.13. The van der Waals surface area contributed by atoms with Gasteiger partial charge in [-0.3, -0.25) is 9.59 Å². The predicted octanol–water partition coefficient (Wildman–Crippen LogP) is 2.62. The van der Waals surface area contributed by atoms with Gasteiger partial charge in [-0.25, -0.2) is 4.79 Å². The molecule has 1 aliphatic carbocycles. The van der Waals surface area contributed by atoms with Crippen LogP contribution in [0.3, 0.4) is 0 Å². The lowest BCUT2D eigenvalue weighted by Gasteiger charge is -2.37. The fraction of sp³-hybridized carbons (Fsp3) is 0.800. The third-order valence-corrected chi connectivity index (χ3v) is 3.40. The van der Waals surface area contributed by atoms with E-state index >= 15 is 0 Å². The molecule has 0 aromatic carbocycles. The molecule has 0 heterocycles. The first-order chi connectivity index (χ1) is 9.06. The molecule has 1 amide bonds. The van der Waals surface area contributed by atoms with Crippen molar-refractivity contribution in [3.8, 4) is 0 Å². The van der Waals surface area contributed by atoms with Crippen molar-refractivity contribution >= 4 is 17.7 Å². The molecule has 1 rings (SSSR count). The molecule has 0 bridgehead atoms. The topological polar surface area (TPSA) is 72.5 Å². The number of nitrogens with one attached hydrogen (secondary N) is 1. The summed E-state index contributed by atoms with van der Waals surface area (Å²) in [4.78, 5) is 35.8. The minimum Gasteiger partial charge on any atom is -0.444 e. The molecular weight excluding hydrogens is 258 g/mol. The van der Waals surface area contributed by atoms with Crippen LogP contribution in [0.2, 0.25) is 0 Å². The van der Waals surface area contributed by atoms with Crippen LogP contribution in [-0.2, 0) is 14.3 Å². The molecule has 1 N–H and O–H groups in total. The molecule has 0 aromatic heterocycles. The maximum atomic E-state index is 12.4. The highest BCUT2D eigenvalue weighted by molar-refractivity contribution is 5.95. The number of ether oxygens (including phenoxy) is 1. The Hall–Kier alpha value is -1.39. The average Bonchev–Trinajstić information content (AvgIpc) is 2.29. The number of hydrogen-bond acceptors (Lipinski definition) is 4. The van der Waals surface area contributed by atoms with Gasteiger partial charge in [0, 0.05) is 18.8 Å². The molecule has 0 aliphatic heterocycles. The molecule has 0 unspecified atom stereocenters. The summed E-state index contributed by atoms with van der Waals surface area (Å²) in [6.45, 7) is 8.92. The van der Waals surface area contributed by atoms with Crippen LogP contribution >= 0.6 is 0 Å². The molecule has 1 saturated carbocycles. The summed E-state index contributed by atoms with van der Waals surface area (Å²) >= 11 is 0. The summed E-state index contributed by atoms with van der Waals surface area (Å²) in [5.41, 5.74) is -1.57. The normalized spacial score (nSPS) is 18.8. The van der Waals surface area contributed by atoms with Crippen LogP contribution in [0.25, 0.3) is 0 Å². The van der Waals surface area contributed by atoms with Gasteiger partial charge in [-0.2, -0.15) is 0 Å².